The molecule has 32 heavy (non-hydrogen) atoms. The molecule has 5 heteroatoms. The summed E-state index contributed by atoms with van der Waals surface area (Å²) in [5.74, 6) is 0. The Bertz CT molecular complexity index is 1600. The Hall–Kier alpha value is -3.31. The predicted molar refractivity (Wildman–Crippen MR) is 133 cm³/mol. The van der Waals surface area contributed by atoms with Crippen molar-refractivity contribution in [3.05, 3.63) is 78.5 Å². The van der Waals surface area contributed by atoms with Gasteiger partial charge in [0.1, 0.15) is 0 Å². The molecule has 0 aliphatic rings. The Balaban J connectivity index is 1.90. The first-order chi connectivity index (χ1) is 15.3. The lowest BCUT2D eigenvalue weighted by Gasteiger charge is -2.18. The number of rotatable bonds is 4. The number of sulfone groups is 1. The Labute approximate surface area is 188 Å². The van der Waals surface area contributed by atoms with Gasteiger partial charge in [-0.15, -0.1) is 0 Å². The molecule has 0 N–H and O–H groups in total. The third-order valence-electron chi connectivity index (χ3n) is 6.35. The summed E-state index contributed by atoms with van der Waals surface area (Å²) >= 11 is 0. The van der Waals surface area contributed by atoms with Crippen LogP contribution in [0, 0.1) is 6.92 Å². The SMILES string of the molecule is CCn1c2ccccc2c2cc(-c3c(C)ccc(S(C)(=O)=O)c3-c3cccn3C)ccc21. The molecule has 3 aromatic carbocycles. The zero-order valence-electron chi connectivity index (χ0n) is 18.8. The van der Waals surface area contributed by atoms with Gasteiger partial charge in [0, 0.05) is 59.1 Å². The van der Waals surface area contributed by atoms with Gasteiger partial charge in [0.25, 0.3) is 0 Å². The van der Waals surface area contributed by atoms with Crippen LogP contribution in [0.5, 0.6) is 0 Å². The highest BCUT2D eigenvalue weighted by molar-refractivity contribution is 7.90. The number of hydrogen-bond donors (Lipinski definition) is 0. The summed E-state index contributed by atoms with van der Waals surface area (Å²) in [6, 6.07) is 22.5. The van der Waals surface area contributed by atoms with Gasteiger partial charge in [-0.1, -0.05) is 30.3 Å². The average molecular weight is 443 g/mol. The molecule has 0 radical (unpaired) electrons. The van der Waals surface area contributed by atoms with Crippen LogP contribution in [0.25, 0.3) is 44.2 Å². The van der Waals surface area contributed by atoms with Crippen molar-refractivity contribution in [2.24, 2.45) is 7.05 Å². The molecular formula is C27H26N2O2S. The first-order valence-electron chi connectivity index (χ1n) is 10.8. The summed E-state index contributed by atoms with van der Waals surface area (Å²) in [7, 11) is -1.47. The Morgan fingerprint density at radius 3 is 2.28 bits per heavy atom. The minimum Gasteiger partial charge on any atom is -0.351 e. The standard InChI is InChI=1S/C27H26N2O2S/c1-5-29-22-10-7-6-9-20(22)21-17-19(13-14-23(21)29)26-18(2)12-15-25(32(4,30)31)27(26)24-11-8-16-28(24)3/h6-17H,5H2,1-4H3. The number of hydrogen-bond acceptors (Lipinski definition) is 2. The number of fused-ring (bicyclic) bond motifs is 3. The zero-order chi connectivity index (χ0) is 22.6. The van der Waals surface area contributed by atoms with E-state index >= 15 is 0 Å². The van der Waals surface area contributed by atoms with Crippen molar-refractivity contribution in [2.45, 2.75) is 25.3 Å². The molecule has 5 rings (SSSR count). The van der Waals surface area contributed by atoms with E-state index in [9.17, 15) is 8.42 Å². The molecule has 0 saturated heterocycles. The van der Waals surface area contributed by atoms with Gasteiger partial charge in [0.15, 0.2) is 9.84 Å². The lowest BCUT2D eigenvalue weighted by Crippen LogP contribution is -2.05. The van der Waals surface area contributed by atoms with E-state index in [0.29, 0.717) is 4.90 Å². The van der Waals surface area contributed by atoms with Crippen molar-refractivity contribution in [3.8, 4) is 22.4 Å². The van der Waals surface area contributed by atoms with Crippen LogP contribution in [0.4, 0.5) is 0 Å². The van der Waals surface area contributed by atoms with Gasteiger partial charge in [0.2, 0.25) is 0 Å². The van der Waals surface area contributed by atoms with Gasteiger partial charge in [-0.25, -0.2) is 8.42 Å². The van der Waals surface area contributed by atoms with E-state index in [-0.39, 0.29) is 0 Å². The summed E-state index contributed by atoms with van der Waals surface area (Å²) < 4.78 is 29.8. The fraction of sp³-hybridized carbons (Fsp3) is 0.185. The Morgan fingerprint density at radius 1 is 0.844 bits per heavy atom. The van der Waals surface area contributed by atoms with E-state index in [4.69, 9.17) is 0 Å². The minimum atomic E-state index is -3.42. The molecule has 0 aliphatic heterocycles. The second-order valence-corrected chi connectivity index (χ2v) is 10.4. The largest absolute Gasteiger partial charge is 0.351 e. The fourth-order valence-electron chi connectivity index (χ4n) is 4.89. The van der Waals surface area contributed by atoms with E-state index in [1.807, 2.05) is 42.9 Å². The third kappa shape index (κ3) is 3.07. The first kappa shape index (κ1) is 20.6. The van der Waals surface area contributed by atoms with Gasteiger partial charge in [-0.2, -0.15) is 0 Å². The Morgan fingerprint density at radius 2 is 1.59 bits per heavy atom. The van der Waals surface area contributed by atoms with Gasteiger partial charge in [-0.3, -0.25) is 0 Å². The van der Waals surface area contributed by atoms with Crippen LogP contribution in [-0.4, -0.2) is 23.8 Å². The molecular weight excluding hydrogens is 416 g/mol. The molecule has 4 nitrogen and oxygen atoms in total. The van der Waals surface area contributed by atoms with E-state index in [2.05, 4.69) is 54.0 Å². The van der Waals surface area contributed by atoms with Crippen LogP contribution in [-0.2, 0) is 23.4 Å². The highest BCUT2D eigenvalue weighted by atomic mass is 32.2. The Kier molecular flexibility index (Phi) is 4.75. The molecule has 0 bridgehead atoms. The van der Waals surface area contributed by atoms with Crippen LogP contribution >= 0.6 is 0 Å². The maximum atomic E-state index is 12.8. The quantitative estimate of drug-likeness (QED) is 0.333. The number of aryl methyl sites for hydroxylation is 3. The topological polar surface area (TPSA) is 44.0 Å². The predicted octanol–water partition coefficient (Wildman–Crippen LogP) is 6.20. The number of aromatic nitrogens is 2. The van der Waals surface area contributed by atoms with E-state index in [0.717, 1.165) is 34.5 Å². The molecule has 0 amide bonds. The van der Waals surface area contributed by atoms with Crippen LogP contribution < -0.4 is 0 Å². The molecule has 0 aliphatic carbocycles. The molecule has 162 valence electrons. The summed E-state index contributed by atoms with van der Waals surface area (Å²) in [5.41, 5.74) is 7.09. The molecule has 0 atom stereocenters. The maximum Gasteiger partial charge on any atom is 0.176 e. The maximum absolute atomic E-state index is 12.8. The van der Waals surface area contributed by atoms with Gasteiger partial charge >= 0.3 is 0 Å². The third-order valence-corrected chi connectivity index (χ3v) is 7.49. The molecule has 2 aromatic heterocycles. The molecule has 0 unspecified atom stereocenters. The summed E-state index contributed by atoms with van der Waals surface area (Å²) in [6.45, 7) is 5.10. The fourth-order valence-corrected chi connectivity index (χ4v) is 5.79. The molecule has 0 saturated carbocycles. The van der Waals surface area contributed by atoms with Crippen LogP contribution in [0.1, 0.15) is 12.5 Å². The molecule has 0 fully saturated rings. The first-order valence-corrected chi connectivity index (χ1v) is 12.7. The van der Waals surface area contributed by atoms with Crippen molar-refractivity contribution < 1.29 is 8.42 Å². The summed E-state index contributed by atoms with van der Waals surface area (Å²) in [4.78, 5) is 0.357. The monoisotopic (exact) mass is 442 g/mol. The highest BCUT2D eigenvalue weighted by Gasteiger charge is 2.23. The average Bonchev–Trinajstić information content (AvgIpc) is 3.32. The zero-order valence-corrected chi connectivity index (χ0v) is 19.6. The van der Waals surface area contributed by atoms with Gasteiger partial charge in [0.05, 0.1) is 4.90 Å². The van der Waals surface area contributed by atoms with Crippen molar-refractivity contribution >= 4 is 31.6 Å². The van der Waals surface area contributed by atoms with Crippen LogP contribution in [0.2, 0.25) is 0 Å². The van der Waals surface area contributed by atoms with Crippen molar-refractivity contribution in [2.75, 3.05) is 6.26 Å². The van der Waals surface area contributed by atoms with Crippen molar-refractivity contribution in [1.29, 1.82) is 0 Å². The smallest absolute Gasteiger partial charge is 0.176 e. The number of nitrogens with zero attached hydrogens (tertiary/aromatic N) is 2. The van der Waals surface area contributed by atoms with Crippen molar-refractivity contribution in [1.82, 2.24) is 9.13 Å². The van der Waals surface area contributed by atoms with Crippen LogP contribution in [0.15, 0.2) is 77.8 Å². The highest BCUT2D eigenvalue weighted by Crippen LogP contribution is 2.41. The summed E-state index contributed by atoms with van der Waals surface area (Å²) in [6.07, 6.45) is 3.23. The van der Waals surface area contributed by atoms with E-state index < -0.39 is 9.84 Å². The van der Waals surface area contributed by atoms with E-state index in [1.165, 1.54) is 28.1 Å². The molecule has 5 aromatic rings. The minimum absolute atomic E-state index is 0.357. The second-order valence-electron chi connectivity index (χ2n) is 8.40. The summed E-state index contributed by atoms with van der Waals surface area (Å²) in [5, 5.41) is 2.39. The van der Waals surface area contributed by atoms with E-state index in [1.54, 1.807) is 6.07 Å². The van der Waals surface area contributed by atoms with Gasteiger partial charge < -0.3 is 9.13 Å². The molecule has 0 spiro atoms. The number of para-hydroxylation sites is 1. The second kappa shape index (κ2) is 7.38. The lowest BCUT2D eigenvalue weighted by molar-refractivity contribution is 0.602. The number of benzene rings is 3. The lowest BCUT2D eigenvalue weighted by atomic mass is 9.92. The molecule has 2 heterocycles. The normalized spacial score (nSPS) is 12.1. The van der Waals surface area contributed by atoms with Crippen LogP contribution in [0.3, 0.4) is 0 Å². The van der Waals surface area contributed by atoms with Gasteiger partial charge in [-0.05, 0) is 66.9 Å². The van der Waals surface area contributed by atoms with Crippen molar-refractivity contribution in [3.63, 3.8) is 0 Å².